The molecule has 52 heavy (non-hydrogen) atoms. The molecule has 0 bridgehead atoms. The average Bonchev–Trinajstić information content (AvgIpc) is 3.62. The highest BCUT2D eigenvalue weighted by Gasteiger charge is 2.42. The molecule has 1 atom stereocenters. The number of carbonyl (C=O) groups excluding carboxylic acids is 1. The molecule has 0 fully saturated rings. The molecule has 1 aliphatic heterocycles. The van der Waals surface area contributed by atoms with Crippen molar-refractivity contribution in [1.82, 2.24) is 25.1 Å². The summed E-state index contributed by atoms with van der Waals surface area (Å²) in [4.78, 5) is 14.8. The third-order valence-corrected chi connectivity index (χ3v) is 11.8. The molecule has 0 spiro atoms. The van der Waals surface area contributed by atoms with Crippen molar-refractivity contribution in [3.63, 3.8) is 0 Å². The van der Waals surface area contributed by atoms with Gasteiger partial charge in [-0.25, -0.2) is 21.6 Å². The molecule has 3 N–H and O–H groups in total. The lowest BCUT2D eigenvalue weighted by Gasteiger charge is -2.34. The Morgan fingerprint density at radius 2 is 1.62 bits per heavy atom. The van der Waals surface area contributed by atoms with E-state index >= 15 is 0 Å². The molecule has 0 saturated carbocycles. The molecule has 15 heteroatoms. The summed E-state index contributed by atoms with van der Waals surface area (Å²) in [6.45, 7) is 12.8. The highest BCUT2D eigenvalue weighted by molar-refractivity contribution is 7.94. The minimum atomic E-state index is -3.92. The van der Waals surface area contributed by atoms with Crippen LogP contribution in [0, 0.1) is 20.8 Å². The van der Waals surface area contributed by atoms with E-state index in [9.17, 15) is 21.6 Å². The van der Waals surface area contributed by atoms with Gasteiger partial charge < -0.3 is 20.7 Å². The van der Waals surface area contributed by atoms with Gasteiger partial charge in [-0.1, -0.05) is 35.4 Å². The lowest BCUT2D eigenvalue weighted by atomic mass is 9.72. The number of carbonyl (C=O) groups is 1. The third kappa shape index (κ3) is 8.41. The molecule has 1 amide bonds. The second-order valence-electron chi connectivity index (χ2n) is 14.9. The molecule has 3 aromatic carbocycles. The number of ether oxygens (including phenoxy) is 1. The summed E-state index contributed by atoms with van der Waals surface area (Å²) in [6.07, 6.45) is 3.32. The van der Waals surface area contributed by atoms with Crippen LogP contribution in [-0.4, -0.2) is 85.8 Å². The van der Waals surface area contributed by atoms with E-state index in [4.69, 9.17) is 10.5 Å². The van der Waals surface area contributed by atoms with Gasteiger partial charge in [0.1, 0.15) is 10.5 Å². The van der Waals surface area contributed by atoms with Gasteiger partial charge in [-0.05, 0) is 119 Å². The van der Waals surface area contributed by atoms with Gasteiger partial charge in [0.2, 0.25) is 0 Å². The standard InChI is InChI=1S/C37H49N7O6S2/c1-24-19-25(2)21-28(20-24)37(23-39-32-15-13-29(22-30(32)37)44-26(3)40-41-42-44)16-18-43(35(45)50-36(4,5)6)17-10-9-11-27-12-14-31(38)34(52(8,48)49)33(27)51(7,46)47/h12-15,19-22,39H,9-11,16-18,23,38H2,1-8H3. The Balaban J connectivity index is 1.46. The van der Waals surface area contributed by atoms with Crippen molar-refractivity contribution >= 4 is 37.1 Å². The van der Waals surface area contributed by atoms with Crippen molar-refractivity contribution in [1.29, 1.82) is 0 Å². The number of fused-ring (bicyclic) bond motifs is 1. The second-order valence-corrected chi connectivity index (χ2v) is 18.8. The number of nitrogens with zero attached hydrogens (tertiary/aromatic N) is 5. The Bertz CT molecular complexity index is 2190. The fourth-order valence-corrected chi connectivity index (χ4v) is 10.0. The number of aromatic nitrogens is 4. The van der Waals surface area contributed by atoms with Crippen LogP contribution in [0.3, 0.4) is 0 Å². The van der Waals surface area contributed by atoms with Gasteiger partial charge in [-0.15, -0.1) is 5.10 Å². The van der Waals surface area contributed by atoms with Crippen molar-refractivity contribution in [2.24, 2.45) is 0 Å². The summed E-state index contributed by atoms with van der Waals surface area (Å²) in [6, 6.07) is 15.7. The molecule has 5 rings (SSSR count). The number of hydrogen-bond donors (Lipinski definition) is 2. The Kier molecular flexibility index (Phi) is 10.8. The van der Waals surface area contributed by atoms with Crippen molar-refractivity contribution in [2.45, 2.75) is 88.0 Å². The number of rotatable bonds is 12. The lowest BCUT2D eigenvalue weighted by Crippen LogP contribution is -2.41. The highest BCUT2D eigenvalue weighted by Crippen LogP contribution is 2.46. The molecule has 1 aliphatic rings. The summed E-state index contributed by atoms with van der Waals surface area (Å²) in [5, 5.41) is 15.7. The number of tetrazole rings is 1. The molecule has 1 unspecified atom stereocenters. The van der Waals surface area contributed by atoms with Crippen LogP contribution in [0.4, 0.5) is 16.2 Å². The quantitative estimate of drug-likeness (QED) is 0.141. The van der Waals surface area contributed by atoms with Crippen LogP contribution in [0.5, 0.6) is 0 Å². The number of nitrogen functional groups attached to an aromatic ring is 1. The summed E-state index contributed by atoms with van der Waals surface area (Å²) >= 11 is 0. The first-order valence-electron chi connectivity index (χ1n) is 17.2. The topological polar surface area (TPSA) is 179 Å². The number of anilines is 2. The average molecular weight is 752 g/mol. The maximum atomic E-state index is 13.8. The first kappa shape index (κ1) is 38.7. The van der Waals surface area contributed by atoms with E-state index in [-0.39, 0.29) is 21.9 Å². The Morgan fingerprint density at radius 3 is 2.21 bits per heavy atom. The summed E-state index contributed by atoms with van der Waals surface area (Å²) in [5.74, 6) is 0.661. The van der Waals surface area contributed by atoms with Crippen molar-refractivity contribution < 1.29 is 26.4 Å². The second kappa shape index (κ2) is 14.5. The zero-order chi connectivity index (χ0) is 38.2. The number of benzene rings is 3. The number of sulfone groups is 2. The summed E-state index contributed by atoms with van der Waals surface area (Å²) in [7, 11) is -7.84. The fraction of sp³-hybridized carbons (Fsp3) is 0.459. The minimum absolute atomic E-state index is 0.108. The van der Waals surface area contributed by atoms with Gasteiger partial charge >= 0.3 is 6.09 Å². The fourth-order valence-electron chi connectivity index (χ4n) is 7.07. The number of aryl methyl sites for hydroxylation is 4. The smallest absolute Gasteiger partial charge is 0.410 e. The Morgan fingerprint density at radius 1 is 0.942 bits per heavy atom. The number of nitrogens with one attached hydrogen (secondary N) is 1. The normalized spacial score (nSPS) is 16.0. The number of unbranched alkanes of at least 4 members (excludes halogenated alkanes) is 1. The van der Waals surface area contributed by atoms with Crippen LogP contribution in [0.15, 0.2) is 58.3 Å². The molecule has 4 aromatic rings. The maximum Gasteiger partial charge on any atom is 0.410 e. The minimum Gasteiger partial charge on any atom is -0.444 e. The van der Waals surface area contributed by atoms with E-state index in [1.165, 1.54) is 6.07 Å². The van der Waals surface area contributed by atoms with E-state index < -0.39 is 36.8 Å². The Labute approximate surface area is 306 Å². The van der Waals surface area contributed by atoms with Crippen molar-refractivity contribution in [2.75, 3.05) is 43.2 Å². The first-order valence-corrected chi connectivity index (χ1v) is 21.0. The molecule has 0 aliphatic carbocycles. The van der Waals surface area contributed by atoms with E-state index in [1.807, 2.05) is 39.8 Å². The molecule has 0 saturated heterocycles. The van der Waals surface area contributed by atoms with Gasteiger partial charge in [0, 0.05) is 43.2 Å². The number of hydrogen-bond acceptors (Lipinski definition) is 11. The van der Waals surface area contributed by atoms with Crippen LogP contribution in [0.2, 0.25) is 0 Å². The Hall–Kier alpha value is -4.50. The summed E-state index contributed by atoms with van der Waals surface area (Å²) < 4.78 is 58.4. The van der Waals surface area contributed by atoms with Crippen molar-refractivity contribution in [3.05, 3.63) is 82.2 Å². The maximum absolute atomic E-state index is 13.8. The molecule has 2 heterocycles. The zero-order valence-electron chi connectivity index (χ0n) is 31.1. The predicted octanol–water partition coefficient (Wildman–Crippen LogP) is 5.34. The van der Waals surface area contributed by atoms with Gasteiger partial charge in [0.15, 0.2) is 25.5 Å². The molecular weight excluding hydrogens is 703 g/mol. The molecule has 0 radical (unpaired) electrons. The van der Waals surface area contributed by atoms with Crippen molar-refractivity contribution in [3.8, 4) is 5.69 Å². The summed E-state index contributed by atoms with van der Waals surface area (Å²) in [5.41, 5.74) is 11.3. The van der Waals surface area contributed by atoms with Crippen LogP contribution in [0.1, 0.15) is 73.7 Å². The van der Waals surface area contributed by atoms with E-state index in [1.54, 1.807) is 15.6 Å². The molecule has 13 nitrogen and oxygen atoms in total. The van der Waals surface area contributed by atoms with Gasteiger partial charge in [0.05, 0.1) is 16.3 Å². The van der Waals surface area contributed by atoms with Gasteiger partial charge in [0.25, 0.3) is 0 Å². The van der Waals surface area contributed by atoms with Crippen LogP contribution >= 0.6 is 0 Å². The van der Waals surface area contributed by atoms with Crippen LogP contribution in [0.25, 0.3) is 5.69 Å². The van der Waals surface area contributed by atoms with E-state index in [0.29, 0.717) is 50.3 Å². The largest absolute Gasteiger partial charge is 0.444 e. The molecule has 280 valence electrons. The highest BCUT2D eigenvalue weighted by atomic mass is 32.2. The number of nitrogens with two attached hydrogens (primary N) is 1. The predicted molar refractivity (Wildman–Crippen MR) is 202 cm³/mol. The third-order valence-electron chi connectivity index (χ3n) is 9.29. The van der Waals surface area contributed by atoms with Gasteiger partial charge in [-0.3, -0.25) is 0 Å². The monoisotopic (exact) mass is 751 g/mol. The van der Waals surface area contributed by atoms with Crippen LogP contribution in [-0.2, 0) is 36.2 Å². The van der Waals surface area contributed by atoms with Crippen LogP contribution < -0.4 is 11.1 Å². The SMILES string of the molecule is Cc1cc(C)cc(C2(CCN(CCCCc3ccc(N)c(S(C)(=O)=O)c3S(C)(=O)=O)C(=O)OC(C)(C)C)CNc3ccc(-n4nnnc4C)cc32)c1. The zero-order valence-corrected chi connectivity index (χ0v) is 32.8. The number of amides is 1. The van der Waals surface area contributed by atoms with E-state index in [2.05, 4.69) is 59.0 Å². The van der Waals surface area contributed by atoms with Gasteiger partial charge in [-0.2, -0.15) is 4.68 Å². The lowest BCUT2D eigenvalue weighted by molar-refractivity contribution is 0.0237. The first-order chi connectivity index (χ1) is 24.2. The van der Waals surface area contributed by atoms with E-state index in [0.717, 1.165) is 46.1 Å². The molecular formula is C37H49N7O6S2. The molecule has 1 aromatic heterocycles.